The Labute approximate surface area is 521 Å². The molecular weight excluding hydrogens is 1130 g/mol. The van der Waals surface area contributed by atoms with Gasteiger partial charge in [0.2, 0.25) is 47.3 Å². The van der Waals surface area contributed by atoms with Gasteiger partial charge in [-0.05, 0) is 145 Å². The first kappa shape index (κ1) is 77.5. The van der Waals surface area contributed by atoms with E-state index in [9.17, 15) is 48.3 Å². The van der Waals surface area contributed by atoms with E-state index in [1.807, 2.05) is 0 Å². The van der Waals surface area contributed by atoms with Crippen molar-refractivity contribution >= 4 is 53.2 Å². The van der Waals surface area contributed by atoms with E-state index in [1.54, 1.807) is 102 Å². The van der Waals surface area contributed by atoms with Crippen LogP contribution in [0.15, 0.2) is 60.7 Å². The second-order valence-corrected chi connectivity index (χ2v) is 23.9. The Balaban J connectivity index is 2.46. The predicted molar refractivity (Wildman–Crippen MR) is 342 cm³/mol. The average molecular weight is 1240 g/mol. The minimum absolute atomic E-state index is 0.00710. The molecule has 0 heterocycles. The number of carboxylic acid groups (broad SMARTS) is 1. The van der Waals surface area contributed by atoms with Gasteiger partial charge in [-0.3, -0.25) is 38.4 Å². The van der Waals surface area contributed by atoms with E-state index in [0.717, 1.165) is 19.3 Å². The summed E-state index contributed by atoms with van der Waals surface area (Å²) in [5.74, 6) is -8.13. The van der Waals surface area contributed by atoms with E-state index >= 15 is 0 Å². The number of carbonyl (C=O) groups is 9. The van der Waals surface area contributed by atoms with Gasteiger partial charge in [-0.25, -0.2) is 4.79 Å². The SMILES string of the molecule is CC(C)[C@H](NC(=O)[C@H](CCCCN)NC(=O)[C@H](Cc1ccccc1)NC(=O)[C@@H](NC(=O)[C@@H](NC(=O)[C@H](CCCCN)NC[C@@H](N)CCCCN)C(C)C)C(C)C)C(=O)N[C@@H](CCCCN)C(=O)N[C@@H](Cc1ccccc1)C(=O)N[C@@H](CCCCN)C(=O)O. The van der Waals surface area contributed by atoms with Crippen LogP contribution >= 0.6 is 0 Å². The first-order valence-electron chi connectivity index (χ1n) is 31.7. The topological polar surface area (TPSA) is 438 Å². The van der Waals surface area contributed by atoms with Gasteiger partial charge in [-0.1, -0.05) is 115 Å². The van der Waals surface area contributed by atoms with Crippen LogP contribution in [0.2, 0.25) is 0 Å². The monoisotopic (exact) mass is 1240 g/mol. The van der Waals surface area contributed by atoms with Gasteiger partial charge >= 0.3 is 5.97 Å². The largest absolute Gasteiger partial charge is 0.480 e. The fourth-order valence-corrected chi connectivity index (χ4v) is 9.85. The zero-order valence-corrected chi connectivity index (χ0v) is 53.1. The van der Waals surface area contributed by atoms with Crippen LogP contribution in [0.1, 0.15) is 149 Å². The highest BCUT2D eigenvalue weighted by Crippen LogP contribution is 2.15. The summed E-state index contributed by atoms with van der Waals surface area (Å²) < 4.78 is 0. The lowest BCUT2D eigenvalue weighted by Crippen LogP contribution is -2.62. The highest BCUT2D eigenvalue weighted by atomic mass is 16.4. The lowest BCUT2D eigenvalue weighted by molar-refractivity contribution is -0.142. The summed E-state index contributed by atoms with van der Waals surface area (Å²) in [6.07, 6.45) is 7.18. The average Bonchev–Trinajstić information content (AvgIpc) is 2.20. The Bertz CT molecular complexity index is 2390. The molecule has 0 saturated carbocycles. The molecule has 496 valence electrons. The Morgan fingerprint density at radius 1 is 0.352 bits per heavy atom. The van der Waals surface area contributed by atoms with Gasteiger partial charge in [-0.15, -0.1) is 0 Å². The normalized spacial score (nSPS) is 14.9. The molecule has 25 nitrogen and oxygen atoms in total. The van der Waals surface area contributed by atoms with Crippen molar-refractivity contribution in [1.82, 2.24) is 47.9 Å². The lowest BCUT2D eigenvalue weighted by atomic mass is 9.98. The fraction of sp³-hybridized carbons (Fsp3) is 0.667. The van der Waals surface area contributed by atoms with E-state index < -0.39 is 125 Å². The third-order valence-electron chi connectivity index (χ3n) is 15.2. The van der Waals surface area contributed by atoms with Gasteiger partial charge in [-0.2, -0.15) is 0 Å². The quantitative estimate of drug-likeness (QED) is 0.0397. The lowest BCUT2D eigenvalue weighted by Gasteiger charge is -2.30. The third kappa shape index (κ3) is 30.1. The number of benzene rings is 2. The number of unbranched alkanes of at least 4 members (excludes halogenated alkanes) is 5. The van der Waals surface area contributed by atoms with Crippen molar-refractivity contribution in [2.75, 3.05) is 39.3 Å². The van der Waals surface area contributed by atoms with Crippen molar-refractivity contribution in [2.24, 2.45) is 52.2 Å². The summed E-state index contributed by atoms with van der Waals surface area (Å²) in [5, 5.41) is 35.6. The second-order valence-electron chi connectivity index (χ2n) is 23.9. The number of hydrogen-bond acceptors (Lipinski definition) is 16. The molecule has 0 radical (unpaired) electrons. The van der Waals surface area contributed by atoms with Gasteiger partial charge < -0.3 is 87.4 Å². The molecule has 0 aliphatic carbocycles. The first-order valence-corrected chi connectivity index (χ1v) is 31.7. The van der Waals surface area contributed by atoms with Crippen molar-refractivity contribution < 1.29 is 48.3 Å². The number of rotatable bonds is 47. The Morgan fingerprint density at radius 3 is 1.00 bits per heavy atom. The maximum absolute atomic E-state index is 14.7. The van der Waals surface area contributed by atoms with Gasteiger partial charge in [0.25, 0.3) is 0 Å². The predicted octanol–water partition coefficient (Wildman–Crippen LogP) is 0.333. The number of nitrogens with one attached hydrogen (secondary N) is 9. The number of hydrogen-bond donors (Lipinski definition) is 16. The maximum Gasteiger partial charge on any atom is 0.326 e. The Kier molecular flexibility index (Phi) is 38.7. The molecule has 10 atom stereocenters. The smallest absolute Gasteiger partial charge is 0.326 e. The molecule has 0 saturated heterocycles. The highest BCUT2D eigenvalue weighted by Gasteiger charge is 2.37. The van der Waals surface area contributed by atoms with E-state index in [1.165, 1.54) is 0 Å². The molecule has 22 N–H and O–H groups in total. The van der Waals surface area contributed by atoms with Crippen molar-refractivity contribution in [2.45, 2.75) is 211 Å². The molecule has 0 bridgehead atoms. The van der Waals surface area contributed by atoms with Crippen molar-refractivity contribution in [3.8, 4) is 0 Å². The first-order chi connectivity index (χ1) is 42.0. The fourth-order valence-electron chi connectivity index (χ4n) is 9.85. The molecule has 25 heteroatoms. The van der Waals surface area contributed by atoms with E-state index in [4.69, 9.17) is 34.4 Å². The van der Waals surface area contributed by atoms with Crippen LogP contribution in [-0.4, -0.2) is 158 Å². The number of carboxylic acids is 1. The van der Waals surface area contributed by atoms with Gasteiger partial charge in [0.05, 0.1) is 6.04 Å². The molecule has 2 aromatic carbocycles. The molecule has 0 fully saturated rings. The molecular formula is C63H109N15O10. The van der Waals surface area contributed by atoms with Crippen LogP contribution in [0.5, 0.6) is 0 Å². The summed E-state index contributed by atoms with van der Waals surface area (Å²) in [6.45, 7) is 12.7. The van der Waals surface area contributed by atoms with Crippen LogP contribution in [0, 0.1) is 17.8 Å². The summed E-state index contributed by atoms with van der Waals surface area (Å²) in [4.78, 5) is 127. The van der Waals surface area contributed by atoms with Gasteiger partial charge in [0.15, 0.2) is 0 Å². The molecule has 0 aliphatic rings. The maximum atomic E-state index is 14.7. The van der Waals surface area contributed by atoms with Gasteiger partial charge in [0, 0.05) is 25.4 Å². The van der Waals surface area contributed by atoms with E-state index in [-0.39, 0.29) is 51.2 Å². The zero-order chi connectivity index (χ0) is 65.6. The standard InChI is InChI=1S/C63H109N15O10/c1-40(2)52(60(84)72-47(29-15-20-34-66)56(80)74-50(37-43-23-9-7-10-24-43)59(83)73-49(63(87)88)31-17-22-36-68)77-57(81)48(30-16-21-35-67)71-58(82)51(38-44-25-11-8-12-26-44)75-61(85)53(41(3)4)78-62(86)54(42(5)6)76-55(79)46(28-14-19-33-65)70-39-45(69)27-13-18-32-64/h7-12,23-26,40-42,45-54,70H,13-22,27-39,64-69H2,1-6H3,(H,71,82)(H,72,84)(H,73,83)(H,74,80)(H,75,85)(H,76,79)(H,77,81)(H,78,86)(H,87,88)/t45-,46-,47-,48-,49-,50-,51-,52-,53-,54-/m0/s1. The number of carbonyl (C=O) groups excluding carboxylic acids is 8. The molecule has 0 aliphatic heterocycles. The molecule has 8 amide bonds. The number of amides is 8. The van der Waals surface area contributed by atoms with E-state index in [2.05, 4.69) is 47.9 Å². The molecule has 0 aromatic heterocycles. The number of aliphatic carboxylic acids is 1. The van der Waals surface area contributed by atoms with Crippen LogP contribution in [0.3, 0.4) is 0 Å². The highest BCUT2D eigenvalue weighted by molar-refractivity contribution is 5.98. The summed E-state index contributed by atoms with van der Waals surface area (Å²) in [6, 6.07) is 7.02. The van der Waals surface area contributed by atoms with Crippen molar-refractivity contribution in [3.63, 3.8) is 0 Å². The molecule has 2 aromatic rings. The minimum atomic E-state index is -1.29. The third-order valence-corrected chi connectivity index (χ3v) is 15.2. The van der Waals surface area contributed by atoms with Crippen molar-refractivity contribution in [1.29, 1.82) is 0 Å². The van der Waals surface area contributed by atoms with E-state index in [0.29, 0.717) is 95.1 Å². The molecule has 0 spiro atoms. The molecule has 88 heavy (non-hydrogen) atoms. The van der Waals surface area contributed by atoms with Crippen molar-refractivity contribution in [3.05, 3.63) is 71.8 Å². The Morgan fingerprint density at radius 2 is 0.625 bits per heavy atom. The minimum Gasteiger partial charge on any atom is -0.480 e. The molecule has 2 rings (SSSR count). The number of nitrogens with two attached hydrogens (primary N) is 6. The Hall–Kier alpha value is -6.61. The second kappa shape index (κ2) is 43.9. The van der Waals surface area contributed by atoms with Crippen LogP contribution in [-0.2, 0) is 56.0 Å². The van der Waals surface area contributed by atoms with Crippen LogP contribution in [0.4, 0.5) is 0 Å². The van der Waals surface area contributed by atoms with Gasteiger partial charge in [0.1, 0.15) is 48.3 Å². The summed E-state index contributed by atoms with van der Waals surface area (Å²) >= 11 is 0. The van der Waals surface area contributed by atoms with Crippen LogP contribution in [0.25, 0.3) is 0 Å². The summed E-state index contributed by atoms with van der Waals surface area (Å²) in [7, 11) is 0. The zero-order valence-electron chi connectivity index (χ0n) is 53.1. The van der Waals surface area contributed by atoms with Crippen LogP contribution < -0.4 is 82.3 Å². The summed E-state index contributed by atoms with van der Waals surface area (Å²) in [5.41, 5.74) is 36.5. The molecule has 0 unspecified atom stereocenters.